The summed E-state index contributed by atoms with van der Waals surface area (Å²) in [5.74, 6) is 0.585. The number of aromatic nitrogens is 2. The minimum absolute atomic E-state index is 0.585. The van der Waals surface area contributed by atoms with Crippen LogP contribution < -0.4 is 5.73 Å². The zero-order valence-electron chi connectivity index (χ0n) is 9.37. The number of hydrogen-bond donors (Lipinski definition) is 2. The summed E-state index contributed by atoms with van der Waals surface area (Å²) in [6.45, 7) is 0.925. The quantitative estimate of drug-likeness (QED) is 0.795. The molecule has 0 spiro atoms. The average molecular weight is 208 g/mol. The van der Waals surface area contributed by atoms with E-state index in [1.54, 1.807) is 0 Å². The van der Waals surface area contributed by atoms with E-state index in [0.29, 0.717) is 5.82 Å². The van der Waals surface area contributed by atoms with Gasteiger partial charge in [0.05, 0.1) is 5.69 Å². The third kappa shape index (κ3) is 2.72. The summed E-state index contributed by atoms with van der Waals surface area (Å²) < 4.78 is 0. The highest BCUT2D eigenvalue weighted by Gasteiger charge is 2.18. The molecule has 0 radical (unpaired) electrons. The highest BCUT2D eigenvalue weighted by Crippen LogP contribution is 2.22. The molecule has 0 aliphatic heterocycles. The molecule has 4 heteroatoms. The van der Waals surface area contributed by atoms with Gasteiger partial charge in [0, 0.05) is 18.7 Å². The van der Waals surface area contributed by atoms with Crippen LogP contribution in [0.5, 0.6) is 0 Å². The van der Waals surface area contributed by atoms with Crippen LogP contribution in [-0.4, -0.2) is 28.2 Å². The van der Waals surface area contributed by atoms with Crippen LogP contribution in [0.3, 0.4) is 0 Å². The molecule has 0 atom stereocenters. The standard InChI is InChI=1S/C11H20N4/c1-15(10-5-3-2-4-6-10)8-9-7-11(12)14-13-9/h7,10H,2-6,8H2,1H3,(H3,12,13,14). The Morgan fingerprint density at radius 1 is 1.47 bits per heavy atom. The normalized spacial score (nSPS) is 18.5. The minimum Gasteiger partial charge on any atom is -0.382 e. The molecule has 2 rings (SSSR count). The molecule has 0 aromatic carbocycles. The first-order valence-corrected chi connectivity index (χ1v) is 5.75. The summed E-state index contributed by atoms with van der Waals surface area (Å²) in [6, 6.07) is 2.66. The Labute approximate surface area is 90.8 Å². The van der Waals surface area contributed by atoms with Crippen molar-refractivity contribution >= 4 is 5.82 Å². The minimum atomic E-state index is 0.585. The van der Waals surface area contributed by atoms with Crippen molar-refractivity contribution in [3.8, 4) is 0 Å². The Morgan fingerprint density at radius 2 is 2.20 bits per heavy atom. The van der Waals surface area contributed by atoms with Crippen molar-refractivity contribution in [2.75, 3.05) is 12.8 Å². The van der Waals surface area contributed by atoms with Gasteiger partial charge in [0.15, 0.2) is 0 Å². The number of aromatic amines is 1. The summed E-state index contributed by atoms with van der Waals surface area (Å²) >= 11 is 0. The van der Waals surface area contributed by atoms with Crippen LogP contribution in [0.2, 0.25) is 0 Å². The molecule has 0 saturated heterocycles. The highest BCUT2D eigenvalue weighted by molar-refractivity contribution is 5.28. The molecule has 0 bridgehead atoms. The summed E-state index contributed by atoms with van der Waals surface area (Å²) in [7, 11) is 2.19. The third-order valence-electron chi connectivity index (χ3n) is 3.27. The molecule has 1 aromatic heterocycles. The summed E-state index contributed by atoms with van der Waals surface area (Å²) in [5, 5.41) is 6.90. The maximum atomic E-state index is 5.57. The van der Waals surface area contributed by atoms with Crippen molar-refractivity contribution in [1.29, 1.82) is 0 Å². The maximum Gasteiger partial charge on any atom is 0.145 e. The second-order valence-electron chi connectivity index (χ2n) is 4.52. The number of H-pyrrole nitrogens is 1. The van der Waals surface area contributed by atoms with Gasteiger partial charge in [0.2, 0.25) is 0 Å². The maximum absolute atomic E-state index is 5.57. The lowest BCUT2D eigenvalue weighted by atomic mass is 9.94. The molecule has 1 aliphatic carbocycles. The van der Waals surface area contributed by atoms with E-state index in [9.17, 15) is 0 Å². The number of rotatable bonds is 3. The second kappa shape index (κ2) is 4.66. The molecule has 3 N–H and O–H groups in total. The molecule has 1 saturated carbocycles. The largest absolute Gasteiger partial charge is 0.382 e. The number of nitrogen functional groups attached to an aromatic ring is 1. The van der Waals surface area contributed by atoms with E-state index in [-0.39, 0.29) is 0 Å². The SMILES string of the molecule is CN(Cc1cc(N)n[nH]1)C1CCCCC1. The number of anilines is 1. The van der Waals surface area contributed by atoms with Crippen molar-refractivity contribution < 1.29 is 0 Å². The first kappa shape index (κ1) is 10.5. The zero-order valence-corrected chi connectivity index (χ0v) is 9.37. The summed E-state index contributed by atoms with van der Waals surface area (Å²) in [4.78, 5) is 2.41. The molecule has 4 nitrogen and oxygen atoms in total. The summed E-state index contributed by atoms with van der Waals surface area (Å²) in [5.41, 5.74) is 6.68. The van der Waals surface area contributed by atoms with Crippen LogP contribution >= 0.6 is 0 Å². The van der Waals surface area contributed by atoms with E-state index < -0.39 is 0 Å². The van der Waals surface area contributed by atoms with Crippen molar-refractivity contribution in [1.82, 2.24) is 15.1 Å². The van der Waals surface area contributed by atoms with Crippen molar-refractivity contribution in [3.05, 3.63) is 11.8 Å². The zero-order chi connectivity index (χ0) is 10.7. The molecule has 1 fully saturated rings. The van der Waals surface area contributed by atoms with E-state index in [1.807, 2.05) is 6.07 Å². The van der Waals surface area contributed by atoms with Crippen LogP contribution in [-0.2, 0) is 6.54 Å². The fourth-order valence-corrected chi connectivity index (χ4v) is 2.38. The molecule has 0 amide bonds. The first-order valence-electron chi connectivity index (χ1n) is 5.75. The predicted octanol–water partition coefficient (Wildman–Crippen LogP) is 1.76. The van der Waals surface area contributed by atoms with Crippen LogP contribution in [0, 0.1) is 0 Å². The Balaban J connectivity index is 1.88. The Morgan fingerprint density at radius 3 is 2.80 bits per heavy atom. The topological polar surface area (TPSA) is 57.9 Å². The van der Waals surface area contributed by atoms with E-state index in [4.69, 9.17) is 5.73 Å². The number of nitrogens with zero attached hydrogens (tertiary/aromatic N) is 2. The Hall–Kier alpha value is -1.03. The number of nitrogens with one attached hydrogen (secondary N) is 1. The van der Waals surface area contributed by atoms with Gasteiger partial charge in [-0.1, -0.05) is 19.3 Å². The van der Waals surface area contributed by atoms with E-state index in [2.05, 4.69) is 22.1 Å². The van der Waals surface area contributed by atoms with Crippen molar-refractivity contribution in [2.45, 2.75) is 44.7 Å². The van der Waals surface area contributed by atoms with Crippen LogP contribution in [0.25, 0.3) is 0 Å². The highest BCUT2D eigenvalue weighted by atomic mass is 15.2. The predicted molar refractivity (Wildman–Crippen MR) is 61.3 cm³/mol. The molecular formula is C11H20N4. The lowest BCUT2D eigenvalue weighted by Gasteiger charge is -2.30. The van der Waals surface area contributed by atoms with Gasteiger partial charge in [-0.2, -0.15) is 5.10 Å². The van der Waals surface area contributed by atoms with Crippen molar-refractivity contribution in [3.63, 3.8) is 0 Å². The second-order valence-corrected chi connectivity index (χ2v) is 4.52. The van der Waals surface area contributed by atoms with Gasteiger partial charge in [0.25, 0.3) is 0 Å². The van der Waals surface area contributed by atoms with Gasteiger partial charge < -0.3 is 5.73 Å². The van der Waals surface area contributed by atoms with E-state index in [0.717, 1.165) is 18.3 Å². The monoisotopic (exact) mass is 208 g/mol. The van der Waals surface area contributed by atoms with Crippen LogP contribution in [0.15, 0.2) is 6.07 Å². The van der Waals surface area contributed by atoms with Crippen LogP contribution in [0.4, 0.5) is 5.82 Å². The van der Waals surface area contributed by atoms with Gasteiger partial charge in [-0.05, 0) is 19.9 Å². The summed E-state index contributed by atoms with van der Waals surface area (Å²) in [6.07, 6.45) is 6.82. The van der Waals surface area contributed by atoms with Crippen molar-refractivity contribution in [2.24, 2.45) is 0 Å². The fourth-order valence-electron chi connectivity index (χ4n) is 2.38. The van der Waals surface area contributed by atoms with Crippen LogP contribution in [0.1, 0.15) is 37.8 Å². The van der Waals surface area contributed by atoms with Gasteiger partial charge in [-0.3, -0.25) is 10.00 Å². The fraction of sp³-hybridized carbons (Fsp3) is 0.727. The van der Waals surface area contributed by atoms with Gasteiger partial charge in [-0.25, -0.2) is 0 Å². The lowest BCUT2D eigenvalue weighted by Crippen LogP contribution is -2.32. The van der Waals surface area contributed by atoms with Gasteiger partial charge >= 0.3 is 0 Å². The molecule has 1 aromatic rings. The molecule has 84 valence electrons. The third-order valence-corrected chi connectivity index (χ3v) is 3.27. The molecular weight excluding hydrogens is 188 g/mol. The lowest BCUT2D eigenvalue weighted by molar-refractivity contribution is 0.183. The Kier molecular flexibility index (Phi) is 3.26. The molecule has 0 unspecified atom stereocenters. The number of hydrogen-bond acceptors (Lipinski definition) is 3. The Bertz CT molecular complexity index is 301. The average Bonchev–Trinajstić information content (AvgIpc) is 2.65. The molecule has 1 aliphatic rings. The molecule has 1 heterocycles. The smallest absolute Gasteiger partial charge is 0.145 e. The van der Waals surface area contributed by atoms with Gasteiger partial charge in [-0.15, -0.1) is 0 Å². The van der Waals surface area contributed by atoms with E-state index >= 15 is 0 Å². The first-order chi connectivity index (χ1) is 7.25. The molecule has 15 heavy (non-hydrogen) atoms. The van der Waals surface area contributed by atoms with E-state index in [1.165, 1.54) is 32.1 Å². The van der Waals surface area contributed by atoms with Gasteiger partial charge in [0.1, 0.15) is 5.82 Å². The number of nitrogens with two attached hydrogens (primary N) is 1.